The van der Waals surface area contributed by atoms with Crippen LogP contribution in [0.1, 0.15) is 56.7 Å². The topological polar surface area (TPSA) is 88.4 Å². The first kappa shape index (κ1) is 24.7. The molecule has 0 heterocycles. The van der Waals surface area contributed by atoms with Crippen LogP contribution in [0.15, 0.2) is 48.0 Å². The van der Waals surface area contributed by atoms with E-state index in [-0.39, 0.29) is 29.8 Å². The number of nitrogens with one attached hydrogen (secondary N) is 1. The van der Waals surface area contributed by atoms with Gasteiger partial charge in [-0.05, 0) is 61.1 Å². The van der Waals surface area contributed by atoms with Gasteiger partial charge in [-0.1, -0.05) is 44.2 Å². The molecule has 0 saturated heterocycles. The summed E-state index contributed by atoms with van der Waals surface area (Å²) in [5, 5.41) is 12.0. The molecule has 2 aromatic carbocycles. The van der Waals surface area contributed by atoms with Crippen molar-refractivity contribution in [3.05, 3.63) is 64.7 Å². The van der Waals surface area contributed by atoms with Gasteiger partial charge in [0.25, 0.3) is 5.91 Å². The number of nitrogens with zero attached hydrogens (tertiary/aromatic N) is 1. The minimum atomic E-state index is -0.446. The Morgan fingerprint density at radius 3 is 2.31 bits per heavy atom. The van der Waals surface area contributed by atoms with Crippen LogP contribution in [0.25, 0.3) is 6.08 Å². The number of hydrogen-bond donors (Lipinski definition) is 1. The minimum Gasteiger partial charge on any atom is -0.493 e. The zero-order valence-corrected chi connectivity index (χ0v) is 19.3. The van der Waals surface area contributed by atoms with Crippen molar-refractivity contribution in [2.45, 2.75) is 52.5 Å². The third-order valence-electron chi connectivity index (χ3n) is 4.77. The number of amides is 1. The molecule has 2 rings (SSSR count). The average molecular weight is 435 g/mol. The molecule has 0 aliphatic rings. The second kappa shape index (κ2) is 11.7. The average Bonchev–Trinajstić information content (AvgIpc) is 2.76. The Balaban J connectivity index is 2.05. The SMILES string of the molecule is COc1cc(/C=C(\C#N)C(=O)NC(C)C)ccc1OC(=O)CCc1ccc(C(C)C)cc1. The third kappa shape index (κ3) is 7.28. The van der Waals surface area contributed by atoms with E-state index in [1.54, 1.807) is 18.2 Å². The lowest BCUT2D eigenvalue weighted by molar-refractivity contribution is -0.134. The van der Waals surface area contributed by atoms with Crippen molar-refractivity contribution in [1.29, 1.82) is 5.26 Å². The fourth-order valence-electron chi connectivity index (χ4n) is 3.00. The van der Waals surface area contributed by atoms with Crippen molar-refractivity contribution < 1.29 is 19.1 Å². The molecule has 0 spiro atoms. The van der Waals surface area contributed by atoms with Crippen LogP contribution in [0.5, 0.6) is 11.5 Å². The molecule has 2 aromatic rings. The van der Waals surface area contributed by atoms with Gasteiger partial charge in [0, 0.05) is 12.5 Å². The molecule has 32 heavy (non-hydrogen) atoms. The quantitative estimate of drug-likeness (QED) is 0.265. The summed E-state index contributed by atoms with van der Waals surface area (Å²) in [6.07, 6.45) is 2.28. The number of carbonyl (C=O) groups is 2. The van der Waals surface area contributed by atoms with Gasteiger partial charge in [-0.3, -0.25) is 9.59 Å². The highest BCUT2D eigenvalue weighted by atomic mass is 16.6. The van der Waals surface area contributed by atoms with Crippen LogP contribution in [-0.2, 0) is 16.0 Å². The van der Waals surface area contributed by atoms with Gasteiger partial charge in [0.05, 0.1) is 7.11 Å². The molecule has 6 nitrogen and oxygen atoms in total. The highest BCUT2D eigenvalue weighted by molar-refractivity contribution is 6.01. The Labute approximate surface area is 189 Å². The van der Waals surface area contributed by atoms with Gasteiger partial charge in [-0.2, -0.15) is 5.26 Å². The molecule has 0 aliphatic heterocycles. The first-order chi connectivity index (χ1) is 15.2. The van der Waals surface area contributed by atoms with Crippen molar-refractivity contribution in [3.63, 3.8) is 0 Å². The maximum absolute atomic E-state index is 12.3. The van der Waals surface area contributed by atoms with Crippen LogP contribution in [0, 0.1) is 11.3 Å². The Morgan fingerprint density at radius 2 is 1.75 bits per heavy atom. The van der Waals surface area contributed by atoms with Crippen LogP contribution in [0.4, 0.5) is 0 Å². The normalized spacial score (nSPS) is 11.2. The monoisotopic (exact) mass is 434 g/mol. The van der Waals surface area contributed by atoms with E-state index in [1.807, 2.05) is 32.0 Å². The Kier molecular flexibility index (Phi) is 9.03. The molecule has 1 N–H and O–H groups in total. The largest absolute Gasteiger partial charge is 0.493 e. The number of ether oxygens (including phenoxy) is 2. The molecule has 1 amide bonds. The molecule has 0 fully saturated rings. The van der Waals surface area contributed by atoms with Gasteiger partial charge in [0.1, 0.15) is 11.6 Å². The lowest BCUT2D eigenvalue weighted by atomic mass is 10.0. The summed E-state index contributed by atoms with van der Waals surface area (Å²) >= 11 is 0. The molecular weight excluding hydrogens is 404 g/mol. The number of carbonyl (C=O) groups excluding carboxylic acids is 2. The van der Waals surface area contributed by atoms with E-state index < -0.39 is 5.91 Å². The molecule has 0 unspecified atom stereocenters. The van der Waals surface area contributed by atoms with E-state index in [2.05, 4.69) is 31.3 Å². The summed E-state index contributed by atoms with van der Waals surface area (Å²) in [6, 6.07) is 14.9. The fraction of sp³-hybridized carbons (Fsp3) is 0.346. The van der Waals surface area contributed by atoms with Crippen molar-refractivity contribution in [2.75, 3.05) is 7.11 Å². The number of nitriles is 1. The first-order valence-electron chi connectivity index (χ1n) is 10.6. The molecule has 0 atom stereocenters. The van der Waals surface area contributed by atoms with Crippen molar-refractivity contribution in [2.24, 2.45) is 0 Å². The van der Waals surface area contributed by atoms with E-state index in [4.69, 9.17) is 9.47 Å². The maximum atomic E-state index is 12.3. The van der Waals surface area contributed by atoms with Gasteiger partial charge in [0.2, 0.25) is 0 Å². The van der Waals surface area contributed by atoms with Gasteiger partial charge in [0.15, 0.2) is 11.5 Å². The van der Waals surface area contributed by atoms with Crippen LogP contribution >= 0.6 is 0 Å². The zero-order valence-electron chi connectivity index (χ0n) is 19.3. The molecule has 6 heteroatoms. The third-order valence-corrected chi connectivity index (χ3v) is 4.77. The van der Waals surface area contributed by atoms with Crippen molar-refractivity contribution in [1.82, 2.24) is 5.32 Å². The van der Waals surface area contributed by atoms with E-state index in [9.17, 15) is 14.9 Å². The van der Waals surface area contributed by atoms with Crippen LogP contribution in [0.2, 0.25) is 0 Å². The predicted molar refractivity (Wildman–Crippen MR) is 124 cm³/mol. The van der Waals surface area contributed by atoms with Crippen LogP contribution < -0.4 is 14.8 Å². The number of aryl methyl sites for hydroxylation is 1. The van der Waals surface area contributed by atoms with E-state index in [0.717, 1.165) is 5.56 Å². The van der Waals surface area contributed by atoms with Crippen molar-refractivity contribution in [3.8, 4) is 17.6 Å². The van der Waals surface area contributed by atoms with Crippen LogP contribution in [0.3, 0.4) is 0 Å². The lowest BCUT2D eigenvalue weighted by Crippen LogP contribution is -2.30. The number of rotatable bonds is 9. The molecule has 0 radical (unpaired) electrons. The molecule has 0 aliphatic carbocycles. The molecule has 0 aromatic heterocycles. The van der Waals surface area contributed by atoms with Gasteiger partial charge < -0.3 is 14.8 Å². The van der Waals surface area contributed by atoms with Gasteiger partial charge >= 0.3 is 5.97 Å². The standard InChI is InChI=1S/C26H30N2O4/c1-17(2)21-10-6-19(7-11-21)9-13-25(29)32-23-12-8-20(15-24(23)31-5)14-22(16-27)26(30)28-18(3)4/h6-8,10-12,14-15,17-18H,9,13H2,1-5H3,(H,28,30)/b22-14+. The number of esters is 1. The summed E-state index contributed by atoms with van der Waals surface area (Å²) in [7, 11) is 1.47. The Hall–Kier alpha value is -3.59. The van der Waals surface area contributed by atoms with Gasteiger partial charge in [-0.15, -0.1) is 0 Å². The highest BCUT2D eigenvalue weighted by Gasteiger charge is 2.13. The molecule has 168 valence electrons. The molecular formula is C26H30N2O4. The lowest BCUT2D eigenvalue weighted by Gasteiger charge is -2.11. The zero-order chi connectivity index (χ0) is 23.7. The fourth-order valence-corrected chi connectivity index (χ4v) is 3.00. The highest BCUT2D eigenvalue weighted by Crippen LogP contribution is 2.29. The van der Waals surface area contributed by atoms with Gasteiger partial charge in [-0.25, -0.2) is 0 Å². The van der Waals surface area contributed by atoms with Crippen LogP contribution in [-0.4, -0.2) is 25.0 Å². The number of benzene rings is 2. The van der Waals surface area contributed by atoms with E-state index in [0.29, 0.717) is 23.7 Å². The smallest absolute Gasteiger partial charge is 0.311 e. The second-order valence-corrected chi connectivity index (χ2v) is 8.08. The Morgan fingerprint density at radius 1 is 1.06 bits per heavy atom. The molecule has 0 saturated carbocycles. The summed E-state index contributed by atoms with van der Waals surface area (Å²) in [6.45, 7) is 7.92. The minimum absolute atomic E-state index is 0.0195. The van der Waals surface area contributed by atoms with Crippen molar-refractivity contribution >= 4 is 18.0 Å². The second-order valence-electron chi connectivity index (χ2n) is 8.08. The first-order valence-corrected chi connectivity index (χ1v) is 10.6. The summed E-state index contributed by atoms with van der Waals surface area (Å²) < 4.78 is 10.8. The summed E-state index contributed by atoms with van der Waals surface area (Å²) in [5.41, 5.74) is 2.90. The Bertz CT molecular complexity index is 1020. The van der Waals surface area contributed by atoms with E-state index in [1.165, 1.54) is 18.7 Å². The molecule has 0 bridgehead atoms. The number of hydrogen-bond acceptors (Lipinski definition) is 5. The summed E-state index contributed by atoms with van der Waals surface area (Å²) in [5.74, 6) is 0.282. The maximum Gasteiger partial charge on any atom is 0.311 e. The number of methoxy groups -OCH3 is 1. The van der Waals surface area contributed by atoms with E-state index >= 15 is 0 Å². The summed E-state index contributed by atoms with van der Waals surface area (Å²) in [4.78, 5) is 24.4. The predicted octanol–water partition coefficient (Wildman–Crippen LogP) is 4.79.